The molecule has 1 N–H and O–H groups in total. The molecule has 1 heterocycles. The molecule has 0 unspecified atom stereocenters. The second-order valence-corrected chi connectivity index (χ2v) is 7.48. The molecule has 0 aliphatic carbocycles. The lowest BCUT2D eigenvalue weighted by Crippen LogP contribution is -2.14. The van der Waals surface area contributed by atoms with Gasteiger partial charge in [0.15, 0.2) is 17.3 Å². The van der Waals surface area contributed by atoms with Crippen molar-refractivity contribution in [1.82, 2.24) is 0 Å². The highest BCUT2D eigenvalue weighted by molar-refractivity contribution is 5.84. The van der Waals surface area contributed by atoms with E-state index >= 15 is 0 Å². The molecule has 3 rings (SSSR count). The topological polar surface area (TPSA) is 78.1 Å². The monoisotopic (exact) mass is 384 g/mol. The molecule has 2 aromatic carbocycles. The Morgan fingerprint density at radius 2 is 1.54 bits per heavy atom. The number of benzene rings is 2. The number of hydrogen-bond donors (Lipinski definition) is 1. The summed E-state index contributed by atoms with van der Waals surface area (Å²) in [6.07, 6.45) is 0. The third-order valence-corrected chi connectivity index (χ3v) is 4.64. The van der Waals surface area contributed by atoms with Gasteiger partial charge in [0.2, 0.25) is 11.2 Å². The van der Waals surface area contributed by atoms with E-state index in [1.54, 1.807) is 37.4 Å². The van der Waals surface area contributed by atoms with Gasteiger partial charge >= 0.3 is 0 Å². The predicted molar refractivity (Wildman–Crippen MR) is 108 cm³/mol. The highest BCUT2D eigenvalue weighted by atomic mass is 16.5. The molecule has 0 saturated carbocycles. The minimum atomic E-state index is -0.523. The number of methoxy groups -OCH3 is 3. The Morgan fingerprint density at radius 3 is 2.11 bits per heavy atom. The standard InChI is InChI=1S/C22H24O6/c1-22(2,3)14-11-16-13(10-17(14)26-5)19(23)20(24)21(28-16)12-7-8-15(25-4)18(9-12)27-6/h7-11,24H,1-6H3. The maximum atomic E-state index is 12.8. The van der Waals surface area contributed by atoms with E-state index in [1.807, 2.05) is 20.8 Å². The molecule has 0 bridgehead atoms. The van der Waals surface area contributed by atoms with Crippen LogP contribution in [0.1, 0.15) is 26.3 Å². The lowest BCUT2D eigenvalue weighted by Gasteiger charge is -2.22. The summed E-state index contributed by atoms with van der Waals surface area (Å²) in [5, 5.41) is 10.8. The molecule has 3 aromatic rings. The molecular formula is C22H24O6. The molecule has 0 amide bonds. The van der Waals surface area contributed by atoms with Crippen molar-refractivity contribution in [2.24, 2.45) is 0 Å². The summed E-state index contributed by atoms with van der Waals surface area (Å²) in [4.78, 5) is 12.8. The van der Waals surface area contributed by atoms with Crippen LogP contribution in [0.4, 0.5) is 0 Å². The Balaban J connectivity index is 2.31. The van der Waals surface area contributed by atoms with Crippen LogP contribution < -0.4 is 19.6 Å². The van der Waals surface area contributed by atoms with Crippen molar-refractivity contribution in [3.05, 3.63) is 46.1 Å². The zero-order chi connectivity index (χ0) is 20.6. The summed E-state index contributed by atoms with van der Waals surface area (Å²) in [6, 6.07) is 8.43. The molecule has 148 valence electrons. The van der Waals surface area contributed by atoms with Crippen LogP contribution in [-0.2, 0) is 5.41 Å². The van der Waals surface area contributed by atoms with Crippen LogP contribution in [0.25, 0.3) is 22.3 Å². The van der Waals surface area contributed by atoms with Crippen LogP contribution in [0.2, 0.25) is 0 Å². The van der Waals surface area contributed by atoms with Crippen LogP contribution >= 0.6 is 0 Å². The Bertz CT molecular complexity index is 1090. The quantitative estimate of drug-likeness (QED) is 0.714. The number of hydrogen-bond acceptors (Lipinski definition) is 6. The summed E-state index contributed by atoms with van der Waals surface area (Å²) < 4.78 is 22.0. The summed E-state index contributed by atoms with van der Waals surface area (Å²) in [5.41, 5.74) is 1.03. The van der Waals surface area contributed by atoms with Gasteiger partial charge in [0.1, 0.15) is 11.3 Å². The Hall–Kier alpha value is -3.15. The second kappa shape index (κ2) is 7.11. The summed E-state index contributed by atoms with van der Waals surface area (Å²) >= 11 is 0. The van der Waals surface area contributed by atoms with Gasteiger partial charge < -0.3 is 23.7 Å². The van der Waals surface area contributed by atoms with Gasteiger partial charge in [-0.05, 0) is 35.7 Å². The minimum Gasteiger partial charge on any atom is -0.502 e. The van der Waals surface area contributed by atoms with Crippen molar-refractivity contribution >= 4 is 11.0 Å². The second-order valence-electron chi connectivity index (χ2n) is 7.48. The van der Waals surface area contributed by atoms with Crippen molar-refractivity contribution in [3.8, 4) is 34.3 Å². The SMILES string of the molecule is COc1ccc(-c2oc3cc(C(C)(C)C)c(OC)cc3c(=O)c2O)cc1OC. The average Bonchev–Trinajstić information content (AvgIpc) is 2.68. The predicted octanol–water partition coefficient (Wildman–Crippen LogP) is 4.49. The van der Waals surface area contributed by atoms with Gasteiger partial charge in [-0.3, -0.25) is 4.79 Å². The zero-order valence-electron chi connectivity index (χ0n) is 16.9. The van der Waals surface area contributed by atoms with Crippen molar-refractivity contribution < 1.29 is 23.7 Å². The third kappa shape index (κ3) is 3.26. The van der Waals surface area contributed by atoms with Gasteiger partial charge in [0.05, 0.1) is 26.7 Å². The summed E-state index contributed by atoms with van der Waals surface area (Å²) in [5.74, 6) is 1.18. The van der Waals surface area contributed by atoms with Crippen LogP contribution in [0.15, 0.2) is 39.5 Å². The van der Waals surface area contributed by atoms with E-state index in [4.69, 9.17) is 18.6 Å². The first-order valence-corrected chi connectivity index (χ1v) is 8.82. The first-order chi connectivity index (χ1) is 13.2. The van der Waals surface area contributed by atoms with E-state index in [-0.39, 0.29) is 16.6 Å². The Labute approximate surface area is 163 Å². The highest BCUT2D eigenvalue weighted by Gasteiger charge is 2.23. The van der Waals surface area contributed by atoms with E-state index < -0.39 is 11.2 Å². The number of ether oxygens (including phenoxy) is 3. The van der Waals surface area contributed by atoms with Crippen LogP contribution in [-0.4, -0.2) is 26.4 Å². The van der Waals surface area contributed by atoms with E-state index in [2.05, 4.69) is 0 Å². The molecule has 0 aliphatic rings. The van der Waals surface area contributed by atoms with E-state index in [1.165, 1.54) is 14.2 Å². The molecule has 0 saturated heterocycles. The fraction of sp³-hybridized carbons (Fsp3) is 0.318. The number of fused-ring (bicyclic) bond motifs is 1. The zero-order valence-corrected chi connectivity index (χ0v) is 16.9. The van der Waals surface area contributed by atoms with E-state index in [9.17, 15) is 9.90 Å². The van der Waals surface area contributed by atoms with E-state index in [0.717, 1.165) is 5.56 Å². The van der Waals surface area contributed by atoms with Crippen molar-refractivity contribution in [2.75, 3.05) is 21.3 Å². The molecule has 0 radical (unpaired) electrons. The first-order valence-electron chi connectivity index (χ1n) is 8.82. The number of rotatable bonds is 4. The molecule has 1 aromatic heterocycles. The largest absolute Gasteiger partial charge is 0.502 e. The molecule has 28 heavy (non-hydrogen) atoms. The first kappa shape index (κ1) is 19.6. The minimum absolute atomic E-state index is 0.0727. The van der Waals surface area contributed by atoms with Gasteiger partial charge in [-0.1, -0.05) is 20.8 Å². The Kier molecular flexibility index (Phi) is 4.98. The lowest BCUT2D eigenvalue weighted by atomic mass is 9.85. The van der Waals surface area contributed by atoms with Crippen molar-refractivity contribution in [1.29, 1.82) is 0 Å². The number of aromatic hydroxyl groups is 1. The third-order valence-electron chi connectivity index (χ3n) is 4.64. The van der Waals surface area contributed by atoms with Crippen molar-refractivity contribution in [3.63, 3.8) is 0 Å². The fourth-order valence-electron chi connectivity index (χ4n) is 3.14. The van der Waals surface area contributed by atoms with Gasteiger partial charge in [-0.15, -0.1) is 0 Å². The smallest absolute Gasteiger partial charge is 0.235 e. The van der Waals surface area contributed by atoms with Gasteiger partial charge in [0.25, 0.3) is 0 Å². The molecule has 0 atom stereocenters. The maximum absolute atomic E-state index is 12.8. The fourth-order valence-corrected chi connectivity index (χ4v) is 3.14. The van der Waals surface area contributed by atoms with Crippen molar-refractivity contribution in [2.45, 2.75) is 26.2 Å². The molecular weight excluding hydrogens is 360 g/mol. The highest BCUT2D eigenvalue weighted by Crippen LogP contribution is 2.39. The molecule has 6 nitrogen and oxygen atoms in total. The van der Waals surface area contributed by atoms with Crippen LogP contribution in [0, 0.1) is 0 Å². The van der Waals surface area contributed by atoms with Crippen LogP contribution in [0.5, 0.6) is 23.0 Å². The van der Waals surface area contributed by atoms with Gasteiger partial charge in [-0.2, -0.15) is 0 Å². The van der Waals surface area contributed by atoms with Crippen LogP contribution in [0.3, 0.4) is 0 Å². The summed E-state index contributed by atoms with van der Waals surface area (Å²) in [6.45, 7) is 6.14. The Morgan fingerprint density at radius 1 is 0.893 bits per heavy atom. The maximum Gasteiger partial charge on any atom is 0.235 e. The average molecular weight is 384 g/mol. The van der Waals surface area contributed by atoms with Gasteiger partial charge in [-0.25, -0.2) is 0 Å². The molecule has 0 spiro atoms. The lowest BCUT2D eigenvalue weighted by molar-refractivity contribution is 0.355. The molecule has 0 fully saturated rings. The molecule has 6 heteroatoms. The molecule has 0 aliphatic heterocycles. The summed E-state index contributed by atoms with van der Waals surface area (Å²) in [7, 11) is 4.60. The van der Waals surface area contributed by atoms with E-state index in [0.29, 0.717) is 28.4 Å². The normalized spacial score (nSPS) is 11.5. The van der Waals surface area contributed by atoms with Gasteiger partial charge in [0, 0.05) is 11.1 Å².